The summed E-state index contributed by atoms with van der Waals surface area (Å²) in [5.74, 6) is 0.645. The highest BCUT2D eigenvalue weighted by Gasteiger charge is 2.16. The predicted octanol–water partition coefficient (Wildman–Crippen LogP) is 17.4. The summed E-state index contributed by atoms with van der Waals surface area (Å²) in [6.45, 7) is 0. The van der Waals surface area contributed by atoms with Gasteiger partial charge in [-0.05, 0) is 125 Å². The van der Waals surface area contributed by atoms with E-state index in [1.54, 1.807) is 0 Å². The largest absolute Gasteiger partial charge is 0.569 e. The molecule has 1 N–H and O–H groups in total. The Morgan fingerprint density at radius 2 is 0.662 bits per heavy atom. The second-order valence-electron chi connectivity index (χ2n) is 16.1. The van der Waals surface area contributed by atoms with Gasteiger partial charge in [0.25, 0.3) is 0 Å². The van der Waals surface area contributed by atoms with Gasteiger partial charge in [0.1, 0.15) is 5.75 Å². The van der Waals surface area contributed by atoms with E-state index in [0.717, 1.165) is 24.5 Å². The number of hydrogen-bond acceptors (Lipinski definition) is 2. The zero-order chi connectivity index (χ0) is 46.4. The third-order valence-electron chi connectivity index (χ3n) is 11.9. The van der Waals surface area contributed by atoms with E-state index in [0.29, 0.717) is 13.4 Å². The molecule has 0 aliphatic heterocycles. The van der Waals surface area contributed by atoms with Gasteiger partial charge in [0, 0.05) is 51.9 Å². The molecule has 2 heterocycles. The lowest BCUT2D eigenvalue weighted by Gasteiger charge is -2.11. The van der Waals surface area contributed by atoms with Crippen LogP contribution in [-0.4, -0.2) is 21.8 Å². The maximum atomic E-state index is 8.64. The zero-order valence-electron chi connectivity index (χ0n) is 36.6. The van der Waals surface area contributed by atoms with Crippen LogP contribution in [0, 0.1) is 0 Å². The van der Waals surface area contributed by atoms with Gasteiger partial charge in [-0.3, -0.25) is 0 Å². The summed E-state index contributed by atoms with van der Waals surface area (Å²) in [5, 5.41) is 13.7. The van der Waals surface area contributed by atoms with Gasteiger partial charge in [-0.15, -0.1) is 0 Å². The molecule has 0 saturated heterocycles. The number of halogens is 3. The molecule has 1 radical (unpaired) electrons. The van der Waals surface area contributed by atoms with Crippen molar-refractivity contribution >= 4 is 99.1 Å². The first-order valence-electron chi connectivity index (χ1n) is 22.1. The molecule has 10 aromatic carbocycles. The van der Waals surface area contributed by atoms with Crippen LogP contribution in [0.25, 0.3) is 88.4 Å². The molecule has 0 spiro atoms. The van der Waals surface area contributed by atoms with Crippen LogP contribution in [0.15, 0.2) is 256 Å². The Balaban J connectivity index is 0.000000129. The van der Waals surface area contributed by atoms with E-state index >= 15 is 0 Å². The molecule has 12 aromatic rings. The van der Waals surface area contributed by atoms with Crippen molar-refractivity contribution in [3.63, 3.8) is 0 Å². The molecule has 12 rings (SSSR count). The summed E-state index contributed by atoms with van der Waals surface area (Å²) >= 11 is 10.8. The first-order chi connectivity index (χ1) is 33.4. The number of benzene rings is 10. The summed E-state index contributed by atoms with van der Waals surface area (Å²) in [5.41, 5.74) is 14.2. The number of rotatable bonds is 7. The molecule has 0 amide bonds. The highest BCUT2D eigenvalue weighted by Crippen LogP contribution is 2.39. The van der Waals surface area contributed by atoms with Crippen molar-refractivity contribution in [2.24, 2.45) is 0 Å². The Kier molecular flexibility index (Phi) is 13.5. The van der Waals surface area contributed by atoms with E-state index in [-0.39, 0.29) is 0 Å². The lowest BCUT2D eigenvalue weighted by atomic mass is 9.94. The Hall–Kier alpha value is -6.94. The molecule has 0 bridgehead atoms. The average molecular weight is 1070 g/mol. The Bertz CT molecular complexity index is 3610. The van der Waals surface area contributed by atoms with E-state index in [1.807, 2.05) is 60.7 Å². The maximum Gasteiger partial charge on any atom is 0.569 e. The number of fused-ring (bicyclic) bond motifs is 6. The lowest BCUT2D eigenvalue weighted by molar-refractivity contribution is 0.455. The van der Waals surface area contributed by atoms with Crippen LogP contribution < -0.4 is 4.65 Å². The third-order valence-corrected chi connectivity index (χ3v) is 13.4. The van der Waals surface area contributed by atoms with Gasteiger partial charge in [0.15, 0.2) is 0 Å². The van der Waals surface area contributed by atoms with Crippen LogP contribution in [0.4, 0.5) is 0 Å². The highest BCUT2D eigenvalue weighted by atomic mass is 79.9. The van der Waals surface area contributed by atoms with Gasteiger partial charge in [-0.2, -0.15) is 0 Å². The Morgan fingerprint density at radius 1 is 0.324 bits per heavy atom. The smallest absolute Gasteiger partial charge is 0.537 e. The quantitative estimate of drug-likeness (QED) is 0.162. The summed E-state index contributed by atoms with van der Waals surface area (Å²) < 4.78 is 13.0. The minimum Gasteiger partial charge on any atom is -0.537 e. The van der Waals surface area contributed by atoms with Crippen molar-refractivity contribution in [3.05, 3.63) is 256 Å². The van der Waals surface area contributed by atoms with Crippen molar-refractivity contribution in [3.8, 4) is 50.5 Å². The van der Waals surface area contributed by atoms with Gasteiger partial charge >= 0.3 is 7.69 Å². The summed E-state index contributed by atoms with van der Waals surface area (Å²) in [4.78, 5) is 0. The monoisotopic (exact) mass is 1070 g/mol. The molecule has 8 heteroatoms. The highest BCUT2D eigenvalue weighted by molar-refractivity contribution is 9.11. The van der Waals surface area contributed by atoms with Crippen LogP contribution in [0.2, 0.25) is 0 Å². The van der Waals surface area contributed by atoms with E-state index in [2.05, 4.69) is 239 Å². The van der Waals surface area contributed by atoms with E-state index < -0.39 is 0 Å². The number of aromatic nitrogens is 2. The molecule has 0 saturated carbocycles. The maximum absolute atomic E-state index is 8.64. The lowest BCUT2D eigenvalue weighted by Crippen LogP contribution is -2.00. The fourth-order valence-corrected chi connectivity index (χ4v) is 10.0. The zero-order valence-corrected chi connectivity index (χ0v) is 41.3. The average Bonchev–Trinajstić information content (AvgIpc) is 3.89. The minimum atomic E-state index is 0.645. The van der Waals surface area contributed by atoms with Gasteiger partial charge in [-0.1, -0.05) is 193 Å². The Labute approximate surface area is 421 Å². The van der Waals surface area contributed by atoms with Gasteiger partial charge in [-0.25, -0.2) is 0 Å². The van der Waals surface area contributed by atoms with E-state index in [9.17, 15) is 0 Å². The molecular weight excluding hydrogens is 1030 g/mol. The molecule has 0 atom stereocenters. The van der Waals surface area contributed by atoms with Crippen LogP contribution in [0.5, 0.6) is 5.75 Å². The van der Waals surface area contributed by atoms with Crippen molar-refractivity contribution in [2.45, 2.75) is 0 Å². The predicted molar refractivity (Wildman–Crippen MR) is 296 cm³/mol. The van der Waals surface area contributed by atoms with Gasteiger partial charge in [0.05, 0.1) is 22.1 Å². The number of para-hydroxylation sites is 3. The van der Waals surface area contributed by atoms with Crippen LogP contribution >= 0.6 is 47.8 Å². The van der Waals surface area contributed by atoms with Crippen molar-refractivity contribution in [1.29, 1.82) is 0 Å². The second kappa shape index (κ2) is 20.5. The summed E-state index contributed by atoms with van der Waals surface area (Å²) in [7, 11) is 0.696. The fraction of sp³-hybridized carbons (Fsp3) is 0. The van der Waals surface area contributed by atoms with Gasteiger partial charge in [0.2, 0.25) is 0 Å². The molecule has 327 valence electrons. The van der Waals surface area contributed by atoms with Gasteiger partial charge < -0.3 is 18.8 Å². The van der Waals surface area contributed by atoms with E-state index in [4.69, 9.17) is 9.68 Å². The SMILES string of the molecule is Brc1ccc2c(c1)c1cc(-c3ccccc3-c3ccccc3)ccc1n2-c1ccccc1.Brc1ccc2c(c1)c1cc(Br)ccc1n2-c1ccccc1.O[B]Oc1ccccc1-c1ccccc1. The molecule has 0 fully saturated rings. The normalized spacial score (nSPS) is 10.9. The first-order valence-corrected chi connectivity index (χ1v) is 24.5. The van der Waals surface area contributed by atoms with Crippen molar-refractivity contribution in [2.75, 3.05) is 0 Å². The minimum absolute atomic E-state index is 0.645. The van der Waals surface area contributed by atoms with Crippen molar-refractivity contribution in [1.82, 2.24) is 9.13 Å². The fourth-order valence-electron chi connectivity index (χ4n) is 8.93. The molecule has 0 aliphatic carbocycles. The van der Waals surface area contributed by atoms with E-state index in [1.165, 1.54) is 77.2 Å². The second-order valence-corrected chi connectivity index (χ2v) is 18.8. The molecule has 0 aliphatic rings. The molecule has 68 heavy (non-hydrogen) atoms. The van der Waals surface area contributed by atoms with Crippen molar-refractivity contribution < 1.29 is 9.68 Å². The molecule has 0 unspecified atom stereocenters. The van der Waals surface area contributed by atoms with Crippen LogP contribution in [-0.2, 0) is 0 Å². The number of nitrogens with zero attached hydrogens (tertiary/aromatic N) is 2. The summed E-state index contributed by atoms with van der Waals surface area (Å²) in [6.07, 6.45) is 0. The standard InChI is InChI=1S/C30H20BrN.C18H11Br2N.C12H10BO2/c31-23-16-18-30-28(20-23)27-19-22(15-17-29(27)32(30)24-11-5-2-6-12-24)26-14-8-7-13-25(26)21-9-3-1-4-10-21;19-12-6-8-17-15(10-12)16-11-13(20)7-9-18(16)21(17)14-4-2-1-3-5-14;14-13-15-12-9-5-4-8-11(12)10-6-2-1-3-7-10/h1-20H;1-11H;1-9,14H. The third kappa shape index (κ3) is 9.33. The molecule has 2 aromatic heterocycles. The Morgan fingerprint density at radius 3 is 1.10 bits per heavy atom. The molecule has 4 nitrogen and oxygen atoms in total. The first kappa shape index (κ1) is 44.9. The number of hydrogen-bond donors (Lipinski definition) is 1. The summed E-state index contributed by atoms with van der Waals surface area (Å²) in [6, 6.07) is 84.1. The van der Waals surface area contributed by atoms with Crippen LogP contribution in [0.1, 0.15) is 0 Å². The van der Waals surface area contributed by atoms with Crippen LogP contribution in [0.3, 0.4) is 0 Å². The topological polar surface area (TPSA) is 39.3 Å². The molecular formula is C60H41BBr3N2O2.